The first-order chi connectivity index (χ1) is 7.08. The van der Waals surface area contributed by atoms with Gasteiger partial charge in [0.05, 0.1) is 22.2 Å². The molecule has 3 nitrogen and oxygen atoms in total. The van der Waals surface area contributed by atoms with E-state index in [1.165, 1.54) is 6.07 Å². The number of hydrogen-bond acceptors (Lipinski definition) is 2. The van der Waals surface area contributed by atoms with Gasteiger partial charge in [0.1, 0.15) is 17.7 Å². The first-order valence-corrected chi connectivity index (χ1v) is 4.78. The molecule has 1 rings (SSSR count). The maximum absolute atomic E-state index is 13.1. The Hall–Kier alpha value is -1.31. The average molecular weight is 246 g/mol. The number of benzene rings is 1. The molecule has 1 aromatic rings. The summed E-state index contributed by atoms with van der Waals surface area (Å²) in [6.45, 7) is 0. The van der Waals surface area contributed by atoms with E-state index < -0.39 is 5.82 Å². The number of nitriles is 1. The summed E-state index contributed by atoms with van der Waals surface area (Å²) in [6.07, 6.45) is 0. The van der Waals surface area contributed by atoms with E-state index in [9.17, 15) is 4.39 Å². The maximum Gasteiger partial charge on any atom is 0.144 e. The van der Waals surface area contributed by atoms with Gasteiger partial charge < -0.3 is 5.73 Å². The summed E-state index contributed by atoms with van der Waals surface area (Å²) in [5.74, 6) is -0.540. The van der Waals surface area contributed by atoms with Gasteiger partial charge in [-0.05, 0) is 6.07 Å². The van der Waals surface area contributed by atoms with Gasteiger partial charge in [-0.3, -0.25) is 0 Å². The average Bonchev–Trinajstić information content (AvgIpc) is 2.22. The molecule has 0 fully saturated rings. The Labute approximate surface area is 95.9 Å². The monoisotopic (exact) mass is 245 g/mol. The second kappa shape index (κ2) is 4.96. The van der Waals surface area contributed by atoms with Crippen LogP contribution in [0.15, 0.2) is 17.1 Å². The number of nitrogens with two attached hydrogens (primary N) is 1. The highest BCUT2D eigenvalue weighted by atomic mass is 35.5. The summed E-state index contributed by atoms with van der Waals surface area (Å²) in [5.41, 5.74) is 5.64. The van der Waals surface area contributed by atoms with Gasteiger partial charge in [0.25, 0.3) is 0 Å². The Morgan fingerprint density at radius 3 is 2.80 bits per heavy atom. The number of hydrogen-bond donors (Lipinski definition) is 1. The van der Waals surface area contributed by atoms with Gasteiger partial charge in [-0.1, -0.05) is 11.6 Å². The summed E-state index contributed by atoms with van der Waals surface area (Å²) in [5, 5.41) is 8.62. The molecular weight excluding hydrogens is 240 g/mol. The molecule has 2 N–H and O–H groups in total. The van der Waals surface area contributed by atoms with Crippen LogP contribution >= 0.6 is 23.2 Å². The molecule has 0 amide bonds. The van der Waals surface area contributed by atoms with Crippen molar-refractivity contribution < 1.29 is 4.39 Å². The number of alkyl halides is 1. The van der Waals surface area contributed by atoms with E-state index in [2.05, 4.69) is 4.99 Å². The van der Waals surface area contributed by atoms with E-state index in [1.807, 2.05) is 6.07 Å². The lowest BCUT2D eigenvalue weighted by Gasteiger charge is -2.01. The van der Waals surface area contributed by atoms with Crippen molar-refractivity contribution in [2.24, 2.45) is 10.7 Å². The highest BCUT2D eigenvalue weighted by Crippen LogP contribution is 2.25. The van der Waals surface area contributed by atoms with Gasteiger partial charge in [0, 0.05) is 6.07 Å². The molecule has 6 heteroatoms. The lowest BCUT2D eigenvalue weighted by molar-refractivity contribution is 0.628. The molecule has 0 saturated heterocycles. The van der Waals surface area contributed by atoms with Crippen LogP contribution in [0.3, 0.4) is 0 Å². The molecule has 0 aromatic heterocycles. The van der Waals surface area contributed by atoms with E-state index in [0.29, 0.717) is 0 Å². The fraction of sp³-hybridized carbons (Fsp3) is 0.111. The predicted octanol–water partition coefficient (Wildman–Crippen LogP) is 2.58. The number of rotatable bonds is 2. The van der Waals surface area contributed by atoms with Crippen molar-refractivity contribution in [1.29, 1.82) is 5.26 Å². The van der Waals surface area contributed by atoms with Crippen molar-refractivity contribution >= 4 is 34.7 Å². The summed E-state index contributed by atoms with van der Waals surface area (Å²) < 4.78 is 13.1. The van der Waals surface area contributed by atoms with Crippen molar-refractivity contribution in [3.8, 4) is 6.07 Å². The molecule has 0 radical (unpaired) electrons. The molecule has 0 atom stereocenters. The van der Waals surface area contributed by atoms with E-state index in [0.717, 1.165) is 6.07 Å². The molecule has 0 bridgehead atoms. The minimum atomic E-state index is -0.656. The number of amidine groups is 1. The van der Waals surface area contributed by atoms with Crippen molar-refractivity contribution in [2.75, 3.05) is 5.88 Å². The summed E-state index contributed by atoms with van der Waals surface area (Å²) in [7, 11) is 0. The molecular formula is C9H6Cl2FN3. The molecule has 78 valence electrons. The van der Waals surface area contributed by atoms with Crippen LogP contribution in [0.5, 0.6) is 0 Å². The molecule has 1 aromatic carbocycles. The second-order valence-corrected chi connectivity index (χ2v) is 3.31. The van der Waals surface area contributed by atoms with Crippen molar-refractivity contribution in [2.45, 2.75) is 0 Å². The Balaban J connectivity index is 3.30. The standard InChI is InChI=1S/C9H6Cl2FN3/c10-3-9(14)15-8-2-7(12)6(11)1-5(8)4-13/h1-2H,3H2,(H2,14,15). The van der Waals surface area contributed by atoms with Crippen LogP contribution in [0.1, 0.15) is 5.56 Å². The van der Waals surface area contributed by atoms with E-state index >= 15 is 0 Å². The third kappa shape index (κ3) is 2.82. The SMILES string of the molecule is N#Cc1cc(Cl)c(F)cc1N=C(N)CCl. The zero-order chi connectivity index (χ0) is 11.4. The zero-order valence-corrected chi connectivity index (χ0v) is 8.98. The van der Waals surface area contributed by atoms with E-state index in [1.54, 1.807) is 0 Å². The Morgan fingerprint density at radius 1 is 1.60 bits per heavy atom. The van der Waals surface area contributed by atoms with Crippen LogP contribution < -0.4 is 5.73 Å². The molecule has 0 saturated carbocycles. The summed E-state index contributed by atoms with van der Waals surface area (Å²) in [4.78, 5) is 3.79. The molecule has 0 spiro atoms. The highest BCUT2D eigenvalue weighted by Gasteiger charge is 2.07. The topological polar surface area (TPSA) is 62.2 Å². The third-order valence-corrected chi connectivity index (χ3v) is 2.12. The van der Waals surface area contributed by atoms with Crippen LogP contribution in [0.25, 0.3) is 0 Å². The van der Waals surface area contributed by atoms with Crippen LogP contribution in [-0.2, 0) is 0 Å². The van der Waals surface area contributed by atoms with Crippen molar-refractivity contribution in [3.63, 3.8) is 0 Å². The quantitative estimate of drug-likeness (QED) is 0.495. The first kappa shape index (κ1) is 11.8. The Bertz CT molecular complexity index is 451. The van der Waals surface area contributed by atoms with Crippen molar-refractivity contribution in [3.05, 3.63) is 28.5 Å². The van der Waals surface area contributed by atoms with E-state index in [-0.39, 0.29) is 28.0 Å². The smallest absolute Gasteiger partial charge is 0.144 e. The van der Waals surface area contributed by atoms with E-state index in [4.69, 9.17) is 34.2 Å². The highest BCUT2D eigenvalue weighted by molar-refractivity contribution is 6.31. The third-order valence-electron chi connectivity index (χ3n) is 1.56. The van der Waals surface area contributed by atoms with Crippen LogP contribution in [0, 0.1) is 17.1 Å². The largest absolute Gasteiger partial charge is 0.386 e. The predicted molar refractivity (Wildman–Crippen MR) is 58.1 cm³/mol. The van der Waals surface area contributed by atoms with Gasteiger partial charge in [-0.2, -0.15) is 5.26 Å². The lowest BCUT2D eigenvalue weighted by atomic mass is 10.2. The molecule has 0 aliphatic rings. The van der Waals surface area contributed by atoms with Crippen LogP contribution in [-0.4, -0.2) is 11.7 Å². The lowest BCUT2D eigenvalue weighted by Crippen LogP contribution is -2.12. The van der Waals surface area contributed by atoms with Gasteiger partial charge in [0.15, 0.2) is 0 Å². The number of nitrogens with zero attached hydrogens (tertiary/aromatic N) is 2. The minimum absolute atomic E-state index is 0.00904. The molecule has 0 aliphatic heterocycles. The number of aliphatic imine (C=N–C) groups is 1. The Kier molecular flexibility index (Phi) is 3.89. The van der Waals surface area contributed by atoms with Gasteiger partial charge in [0.2, 0.25) is 0 Å². The molecule has 0 unspecified atom stereocenters. The van der Waals surface area contributed by atoms with Gasteiger partial charge in [-0.25, -0.2) is 9.38 Å². The fourth-order valence-electron chi connectivity index (χ4n) is 0.903. The summed E-state index contributed by atoms with van der Waals surface area (Å²) in [6, 6.07) is 4.07. The molecule has 0 heterocycles. The second-order valence-electron chi connectivity index (χ2n) is 2.63. The molecule has 15 heavy (non-hydrogen) atoms. The van der Waals surface area contributed by atoms with Gasteiger partial charge in [-0.15, -0.1) is 11.6 Å². The Morgan fingerprint density at radius 2 is 2.27 bits per heavy atom. The maximum atomic E-state index is 13.1. The normalized spacial score (nSPS) is 11.2. The first-order valence-electron chi connectivity index (χ1n) is 3.86. The molecule has 0 aliphatic carbocycles. The van der Waals surface area contributed by atoms with Crippen LogP contribution in [0.4, 0.5) is 10.1 Å². The minimum Gasteiger partial charge on any atom is -0.386 e. The fourth-order valence-corrected chi connectivity index (χ4v) is 1.13. The zero-order valence-electron chi connectivity index (χ0n) is 7.47. The van der Waals surface area contributed by atoms with Gasteiger partial charge >= 0.3 is 0 Å². The van der Waals surface area contributed by atoms with Crippen LogP contribution in [0.2, 0.25) is 5.02 Å². The van der Waals surface area contributed by atoms with Crippen molar-refractivity contribution in [1.82, 2.24) is 0 Å². The summed E-state index contributed by atoms with van der Waals surface area (Å²) >= 11 is 10.9. The number of halogens is 3.